The fourth-order valence-electron chi connectivity index (χ4n) is 2.81. The quantitative estimate of drug-likeness (QED) is 0.496. The third kappa shape index (κ3) is 7.37. The second kappa shape index (κ2) is 10.2. The largest absolute Gasteiger partial charge is 0.444 e. The molecular formula is C23H24F2N4O4. The van der Waals surface area contributed by atoms with Crippen LogP contribution >= 0.6 is 0 Å². The van der Waals surface area contributed by atoms with Crippen LogP contribution in [0.3, 0.4) is 0 Å². The van der Waals surface area contributed by atoms with Gasteiger partial charge in [0.1, 0.15) is 17.2 Å². The van der Waals surface area contributed by atoms with Crippen molar-refractivity contribution in [2.75, 3.05) is 10.6 Å². The van der Waals surface area contributed by atoms with Crippen molar-refractivity contribution in [1.82, 2.24) is 10.1 Å². The molecule has 0 fully saturated rings. The van der Waals surface area contributed by atoms with E-state index in [4.69, 9.17) is 9.26 Å². The SMILES string of the molecule is CC(C)(C)OC(=O)Nc1ccc(F)c(NC(=O)CCCc2nc(-c3ccc(F)cc3)no2)c1. The van der Waals surface area contributed by atoms with E-state index < -0.39 is 23.4 Å². The molecule has 33 heavy (non-hydrogen) atoms. The zero-order valence-electron chi connectivity index (χ0n) is 18.4. The summed E-state index contributed by atoms with van der Waals surface area (Å²) in [6, 6.07) is 9.49. The molecule has 0 saturated heterocycles. The van der Waals surface area contributed by atoms with E-state index in [-0.39, 0.29) is 23.6 Å². The highest BCUT2D eigenvalue weighted by atomic mass is 19.1. The summed E-state index contributed by atoms with van der Waals surface area (Å²) in [5, 5.41) is 8.83. The molecule has 0 aliphatic rings. The van der Waals surface area contributed by atoms with Crippen LogP contribution in [0.5, 0.6) is 0 Å². The number of nitrogens with one attached hydrogen (secondary N) is 2. The molecule has 174 valence electrons. The predicted octanol–water partition coefficient (Wildman–Crippen LogP) is 5.32. The summed E-state index contributed by atoms with van der Waals surface area (Å²) in [5.74, 6) is -0.765. The van der Waals surface area contributed by atoms with Gasteiger partial charge < -0.3 is 14.6 Å². The van der Waals surface area contributed by atoms with Gasteiger partial charge in [-0.05, 0) is 69.7 Å². The maximum Gasteiger partial charge on any atom is 0.412 e. The Morgan fingerprint density at radius 1 is 1.06 bits per heavy atom. The van der Waals surface area contributed by atoms with Gasteiger partial charge in [0.25, 0.3) is 0 Å². The molecule has 1 heterocycles. The van der Waals surface area contributed by atoms with E-state index in [1.54, 1.807) is 20.8 Å². The summed E-state index contributed by atoms with van der Waals surface area (Å²) in [5.41, 5.74) is 0.142. The van der Waals surface area contributed by atoms with Crippen molar-refractivity contribution < 1.29 is 27.6 Å². The Hall–Kier alpha value is -3.82. The topological polar surface area (TPSA) is 106 Å². The Morgan fingerprint density at radius 2 is 1.79 bits per heavy atom. The van der Waals surface area contributed by atoms with Crippen LogP contribution in [0.4, 0.5) is 25.0 Å². The van der Waals surface area contributed by atoms with E-state index >= 15 is 0 Å². The minimum atomic E-state index is -0.689. The normalized spacial score (nSPS) is 11.2. The molecule has 0 saturated carbocycles. The lowest BCUT2D eigenvalue weighted by molar-refractivity contribution is -0.116. The lowest BCUT2D eigenvalue weighted by atomic mass is 10.2. The van der Waals surface area contributed by atoms with Crippen LogP contribution in [-0.4, -0.2) is 27.7 Å². The molecule has 0 spiro atoms. The molecule has 0 bridgehead atoms. The first kappa shape index (κ1) is 23.8. The van der Waals surface area contributed by atoms with Crippen molar-refractivity contribution in [1.29, 1.82) is 0 Å². The van der Waals surface area contributed by atoms with Crippen LogP contribution in [0.15, 0.2) is 47.0 Å². The number of benzene rings is 2. The van der Waals surface area contributed by atoms with Crippen molar-refractivity contribution in [3.63, 3.8) is 0 Å². The van der Waals surface area contributed by atoms with E-state index in [9.17, 15) is 18.4 Å². The molecule has 1 aromatic heterocycles. The number of ether oxygens (including phenoxy) is 1. The summed E-state index contributed by atoms with van der Waals surface area (Å²) in [6.45, 7) is 5.17. The number of aryl methyl sites for hydroxylation is 1. The Bertz CT molecular complexity index is 1120. The van der Waals surface area contributed by atoms with Gasteiger partial charge in [0.05, 0.1) is 5.69 Å². The number of carbonyl (C=O) groups excluding carboxylic acids is 2. The fraction of sp³-hybridized carbons (Fsp3) is 0.304. The van der Waals surface area contributed by atoms with Gasteiger partial charge in [-0.3, -0.25) is 10.1 Å². The highest BCUT2D eigenvalue weighted by molar-refractivity contribution is 5.92. The average molecular weight is 458 g/mol. The molecule has 3 aromatic rings. The first-order valence-electron chi connectivity index (χ1n) is 10.3. The summed E-state index contributed by atoms with van der Waals surface area (Å²) >= 11 is 0. The third-order valence-corrected chi connectivity index (χ3v) is 4.25. The second-order valence-electron chi connectivity index (χ2n) is 8.24. The highest BCUT2D eigenvalue weighted by Crippen LogP contribution is 2.21. The summed E-state index contributed by atoms with van der Waals surface area (Å²) in [7, 11) is 0. The van der Waals surface area contributed by atoms with Crippen LogP contribution in [0, 0.1) is 11.6 Å². The van der Waals surface area contributed by atoms with Gasteiger partial charge in [-0.2, -0.15) is 4.98 Å². The number of halogens is 2. The lowest BCUT2D eigenvalue weighted by Crippen LogP contribution is -2.27. The number of amides is 2. The van der Waals surface area contributed by atoms with Gasteiger partial charge in [-0.25, -0.2) is 13.6 Å². The number of rotatable bonds is 7. The smallest absolute Gasteiger partial charge is 0.412 e. The lowest BCUT2D eigenvalue weighted by Gasteiger charge is -2.19. The van der Waals surface area contributed by atoms with Crippen molar-refractivity contribution in [3.05, 3.63) is 60.0 Å². The van der Waals surface area contributed by atoms with Gasteiger partial charge >= 0.3 is 6.09 Å². The van der Waals surface area contributed by atoms with E-state index in [0.29, 0.717) is 30.1 Å². The van der Waals surface area contributed by atoms with Gasteiger partial charge in [0.2, 0.25) is 17.6 Å². The number of hydrogen-bond donors (Lipinski definition) is 2. The maximum atomic E-state index is 14.1. The summed E-state index contributed by atoms with van der Waals surface area (Å²) < 4.78 is 37.4. The molecule has 2 amide bonds. The summed E-state index contributed by atoms with van der Waals surface area (Å²) in [4.78, 5) is 28.3. The van der Waals surface area contributed by atoms with Crippen molar-refractivity contribution in [3.8, 4) is 11.4 Å². The molecule has 0 unspecified atom stereocenters. The molecule has 8 nitrogen and oxygen atoms in total. The van der Waals surface area contributed by atoms with E-state index in [1.807, 2.05) is 0 Å². The Balaban J connectivity index is 1.50. The van der Waals surface area contributed by atoms with Gasteiger partial charge in [0.15, 0.2) is 0 Å². The molecule has 3 rings (SSSR count). The molecule has 0 atom stereocenters. The molecule has 2 N–H and O–H groups in total. The van der Waals surface area contributed by atoms with Gasteiger partial charge in [0, 0.05) is 24.1 Å². The summed E-state index contributed by atoms with van der Waals surface area (Å²) in [6.07, 6.45) is 0.113. The van der Waals surface area contributed by atoms with Crippen molar-refractivity contribution >= 4 is 23.4 Å². The van der Waals surface area contributed by atoms with Crippen LogP contribution in [-0.2, 0) is 16.0 Å². The van der Waals surface area contributed by atoms with Crippen LogP contribution < -0.4 is 10.6 Å². The standard InChI is InChI=1S/C23H24F2N4O4/c1-23(2,3)32-22(31)26-16-11-12-17(25)18(13-16)27-19(30)5-4-6-20-28-21(29-33-20)14-7-9-15(24)10-8-14/h7-13H,4-6H2,1-3H3,(H,26,31)(H,27,30). The number of carbonyl (C=O) groups is 2. The van der Waals surface area contributed by atoms with E-state index in [1.165, 1.54) is 36.4 Å². The molecule has 0 radical (unpaired) electrons. The first-order chi connectivity index (χ1) is 15.6. The monoisotopic (exact) mass is 458 g/mol. The highest BCUT2D eigenvalue weighted by Gasteiger charge is 2.17. The predicted molar refractivity (Wildman–Crippen MR) is 118 cm³/mol. The molecule has 10 heteroatoms. The fourth-order valence-corrected chi connectivity index (χ4v) is 2.81. The van der Waals surface area contributed by atoms with E-state index in [0.717, 1.165) is 6.07 Å². The van der Waals surface area contributed by atoms with Crippen LogP contribution in [0.25, 0.3) is 11.4 Å². The Kier molecular flexibility index (Phi) is 7.37. The molecule has 0 aliphatic heterocycles. The Labute approximate surface area is 189 Å². The molecule has 0 aliphatic carbocycles. The Morgan fingerprint density at radius 3 is 2.48 bits per heavy atom. The number of aromatic nitrogens is 2. The molecular weight excluding hydrogens is 434 g/mol. The number of anilines is 2. The van der Waals surface area contributed by atoms with E-state index in [2.05, 4.69) is 20.8 Å². The van der Waals surface area contributed by atoms with Gasteiger partial charge in [-0.15, -0.1) is 0 Å². The zero-order valence-corrected chi connectivity index (χ0v) is 18.4. The first-order valence-corrected chi connectivity index (χ1v) is 10.3. The van der Waals surface area contributed by atoms with Crippen molar-refractivity contribution in [2.45, 2.75) is 45.6 Å². The molecule has 2 aromatic carbocycles. The zero-order chi connectivity index (χ0) is 24.0. The maximum absolute atomic E-state index is 14.1. The minimum absolute atomic E-state index is 0.0649. The average Bonchev–Trinajstić information content (AvgIpc) is 3.18. The number of nitrogens with zero attached hydrogens (tertiary/aromatic N) is 2. The third-order valence-electron chi connectivity index (χ3n) is 4.25. The van der Waals surface area contributed by atoms with Crippen molar-refractivity contribution in [2.24, 2.45) is 0 Å². The second-order valence-corrected chi connectivity index (χ2v) is 8.24. The van der Waals surface area contributed by atoms with Crippen LogP contribution in [0.2, 0.25) is 0 Å². The number of hydrogen-bond acceptors (Lipinski definition) is 6. The van der Waals surface area contributed by atoms with Crippen LogP contribution in [0.1, 0.15) is 39.5 Å². The van der Waals surface area contributed by atoms with Gasteiger partial charge in [-0.1, -0.05) is 5.16 Å². The minimum Gasteiger partial charge on any atom is -0.444 e.